The molecule has 0 radical (unpaired) electrons. The summed E-state index contributed by atoms with van der Waals surface area (Å²) < 4.78 is 0. The number of amides is 1. The van der Waals surface area contributed by atoms with Crippen LogP contribution in [0.2, 0.25) is 0 Å². The van der Waals surface area contributed by atoms with Gasteiger partial charge in [0.1, 0.15) is 11.6 Å². The number of anilines is 2. The Labute approximate surface area is 122 Å². The molecule has 1 amide bonds. The molecule has 6 nitrogen and oxygen atoms in total. The summed E-state index contributed by atoms with van der Waals surface area (Å²) in [5, 5.41) is 6.14. The quantitative estimate of drug-likeness (QED) is 0.792. The Morgan fingerprint density at radius 3 is 2.76 bits per heavy atom. The first-order chi connectivity index (χ1) is 10.2. The first-order valence-electron chi connectivity index (χ1n) is 6.94. The van der Waals surface area contributed by atoms with Gasteiger partial charge in [-0.25, -0.2) is 9.97 Å². The second-order valence-electron chi connectivity index (χ2n) is 5.05. The van der Waals surface area contributed by atoms with Crippen LogP contribution in [0, 0.1) is 0 Å². The van der Waals surface area contributed by atoms with E-state index in [0.717, 1.165) is 12.0 Å². The van der Waals surface area contributed by atoms with Crippen molar-refractivity contribution in [3.05, 3.63) is 36.4 Å². The highest BCUT2D eigenvalue weighted by Gasteiger charge is 2.18. The molecule has 108 valence electrons. The number of aromatic nitrogens is 2. The minimum atomic E-state index is 0.0974. The van der Waals surface area contributed by atoms with Gasteiger partial charge in [0.15, 0.2) is 5.82 Å². The summed E-state index contributed by atoms with van der Waals surface area (Å²) in [7, 11) is 0. The molecule has 2 aromatic rings. The van der Waals surface area contributed by atoms with Crippen LogP contribution in [-0.2, 0) is 4.79 Å². The van der Waals surface area contributed by atoms with Gasteiger partial charge >= 0.3 is 0 Å². The van der Waals surface area contributed by atoms with Gasteiger partial charge < -0.3 is 16.4 Å². The lowest BCUT2D eigenvalue weighted by Crippen LogP contribution is -2.42. The van der Waals surface area contributed by atoms with E-state index in [2.05, 4.69) is 20.6 Å². The largest absolute Gasteiger partial charge is 0.384 e. The van der Waals surface area contributed by atoms with Gasteiger partial charge in [-0.05, 0) is 6.42 Å². The third kappa shape index (κ3) is 3.28. The predicted octanol–water partition coefficient (Wildman–Crippen LogP) is 1.42. The molecule has 0 saturated carbocycles. The molecule has 1 aliphatic rings. The van der Waals surface area contributed by atoms with Crippen LogP contribution in [0.1, 0.15) is 12.8 Å². The lowest BCUT2D eigenvalue weighted by atomic mass is 10.1. The highest BCUT2D eigenvalue weighted by Crippen LogP contribution is 2.19. The maximum atomic E-state index is 11.2. The number of hydrogen-bond acceptors (Lipinski definition) is 5. The average molecular weight is 283 g/mol. The Balaban J connectivity index is 1.80. The summed E-state index contributed by atoms with van der Waals surface area (Å²) >= 11 is 0. The van der Waals surface area contributed by atoms with E-state index in [1.165, 1.54) is 0 Å². The Bertz CT molecular complexity index is 634. The Morgan fingerprint density at radius 1 is 1.24 bits per heavy atom. The third-order valence-corrected chi connectivity index (χ3v) is 3.40. The van der Waals surface area contributed by atoms with Gasteiger partial charge in [-0.1, -0.05) is 30.3 Å². The van der Waals surface area contributed by atoms with Crippen LogP contribution in [-0.4, -0.2) is 28.5 Å². The van der Waals surface area contributed by atoms with Crippen LogP contribution in [0.25, 0.3) is 11.4 Å². The van der Waals surface area contributed by atoms with Crippen molar-refractivity contribution in [3.8, 4) is 11.4 Å². The van der Waals surface area contributed by atoms with E-state index in [-0.39, 0.29) is 11.9 Å². The minimum Gasteiger partial charge on any atom is -0.384 e. The zero-order valence-corrected chi connectivity index (χ0v) is 11.5. The van der Waals surface area contributed by atoms with E-state index >= 15 is 0 Å². The predicted molar refractivity (Wildman–Crippen MR) is 81.5 cm³/mol. The van der Waals surface area contributed by atoms with E-state index in [9.17, 15) is 4.79 Å². The molecule has 0 aliphatic carbocycles. The van der Waals surface area contributed by atoms with E-state index < -0.39 is 0 Å². The summed E-state index contributed by atoms with van der Waals surface area (Å²) in [6.07, 6.45) is 1.32. The maximum absolute atomic E-state index is 11.2. The molecule has 1 unspecified atom stereocenters. The summed E-state index contributed by atoms with van der Waals surface area (Å²) in [6.45, 7) is 0.601. The first-order valence-corrected chi connectivity index (χ1v) is 6.94. The van der Waals surface area contributed by atoms with Crippen molar-refractivity contribution in [1.82, 2.24) is 15.3 Å². The molecule has 21 heavy (non-hydrogen) atoms. The number of nitrogen functional groups attached to an aromatic ring is 1. The van der Waals surface area contributed by atoms with Gasteiger partial charge in [-0.15, -0.1) is 0 Å². The van der Waals surface area contributed by atoms with Gasteiger partial charge in [0, 0.05) is 30.6 Å². The number of hydrogen-bond donors (Lipinski definition) is 3. The highest BCUT2D eigenvalue weighted by molar-refractivity contribution is 5.77. The van der Waals surface area contributed by atoms with Crippen molar-refractivity contribution < 1.29 is 4.79 Å². The molecule has 2 heterocycles. The number of piperidine rings is 1. The molecule has 1 aliphatic heterocycles. The molecular weight excluding hydrogens is 266 g/mol. The van der Waals surface area contributed by atoms with E-state index in [4.69, 9.17) is 5.73 Å². The van der Waals surface area contributed by atoms with Crippen molar-refractivity contribution in [2.75, 3.05) is 17.6 Å². The van der Waals surface area contributed by atoms with Crippen LogP contribution in [0.4, 0.5) is 11.6 Å². The fraction of sp³-hybridized carbons (Fsp3) is 0.267. The lowest BCUT2D eigenvalue weighted by Gasteiger charge is -2.24. The number of carbonyl (C=O) groups excluding carboxylic acids is 1. The zero-order chi connectivity index (χ0) is 14.7. The molecule has 0 spiro atoms. The van der Waals surface area contributed by atoms with Crippen LogP contribution in [0.5, 0.6) is 0 Å². The molecule has 3 rings (SSSR count). The highest BCUT2D eigenvalue weighted by atomic mass is 16.1. The molecule has 6 heteroatoms. The normalized spacial score (nSPS) is 18.1. The van der Waals surface area contributed by atoms with Crippen molar-refractivity contribution in [3.63, 3.8) is 0 Å². The Hall–Kier alpha value is -2.63. The molecule has 1 aromatic carbocycles. The Morgan fingerprint density at radius 2 is 2.05 bits per heavy atom. The fourth-order valence-corrected chi connectivity index (χ4v) is 2.32. The molecule has 1 saturated heterocycles. The average Bonchev–Trinajstić information content (AvgIpc) is 2.50. The van der Waals surface area contributed by atoms with E-state index in [1.54, 1.807) is 6.07 Å². The van der Waals surface area contributed by atoms with Crippen LogP contribution in [0.3, 0.4) is 0 Å². The molecule has 1 fully saturated rings. The number of benzene rings is 1. The van der Waals surface area contributed by atoms with Crippen LogP contribution < -0.4 is 16.4 Å². The van der Waals surface area contributed by atoms with Gasteiger partial charge in [-0.2, -0.15) is 0 Å². The molecule has 4 N–H and O–H groups in total. The SMILES string of the molecule is Nc1cc(NC2CCC(=O)NC2)nc(-c2ccccc2)n1. The van der Waals surface area contributed by atoms with Crippen LogP contribution in [0.15, 0.2) is 36.4 Å². The van der Waals surface area contributed by atoms with Crippen molar-refractivity contribution in [1.29, 1.82) is 0 Å². The molecule has 0 bridgehead atoms. The molecular formula is C15H17N5O. The molecule has 1 atom stereocenters. The van der Waals surface area contributed by atoms with Gasteiger partial charge in [0.05, 0.1) is 0 Å². The van der Waals surface area contributed by atoms with E-state index in [1.807, 2.05) is 30.3 Å². The summed E-state index contributed by atoms with van der Waals surface area (Å²) in [5.74, 6) is 1.80. The number of nitrogens with zero attached hydrogens (tertiary/aromatic N) is 2. The number of rotatable bonds is 3. The number of carbonyl (C=O) groups is 1. The fourth-order valence-electron chi connectivity index (χ4n) is 2.32. The van der Waals surface area contributed by atoms with Gasteiger partial charge in [0.2, 0.25) is 5.91 Å². The smallest absolute Gasteiger partial charge is 0.220 e. The zero-order valence-electron chi connectivity index (χ0n) is 11.5. The van der Waals surface area contributed by atoms with Crippen molar-refractivity contribution in [2.24, 2.45) is 0 Å². The molecule has 1 aromatic heterocycles. The number of nitrogens with two attached hydrogens (primary N) is 1. The second-order valence-corrected chi connectivity index (χ2v) is 5.05. The van der Waals surface area contributed by atoms with Crippen molar-refractivity contribution in [2.45, 2.75) is 18.9 Å². The summed E-state index contributed by atoms with van der Waals surface area (Å²) in [5.41, 5.74) is 6.78. The van der Waals surface area contributed by atoms with Gasteiger partial charge in [0.25, 0.3) is 0 Å². The lowest BCUT2D eigenvalue weighted by molar-refractivity contribution is -0.122. The second kappa shape index (κ2) is 5.78. The first kappa shape index (κ1) is 13.4. The maximum Gasteiger partial charge on any atom is 0.220 e. The topological polar surface area (TPSA) is 92.9 Å². The number of nitrogens with one attached hydrogen (secondary N) is 2. The third-order valence-electron chi connectivity index (χ3n) is 3.40. The Kier molecular flexibility index (Phi) is 3.68. The minimum absolute atomic E-state index is 0.0974. The monoisotopic (exact) mass is 283 g/mol. The summed E-state index contributed by atoms with van der Waals surface area (Å²) in [6, 6.07) is 11.6. The summed E-state index contributed by atoms with van der Waals surface area (Å²) in [4.78, 5) is 19.9. The van der Waals surface area contributed by atoms with Crippen molar-refractivity contribution >= 4 is 17.5 Å². The van der Waals surface area contributed by atoms with Gasteiger partial charge in [-0.3, -0.25) is 4.79 Å². The van der Waals surface area contributed by atoms with E-state index in [0.29, 0.717) is 30.4 Å². The standard InChI is InChI=1S/C15H17N5O/c16-12-8-13(18-11-6-7-14(21)17-9-11)20-15(19-12)10-4-2-1-3-5-10/h1-5,8,11H,6-7,9H2,(H,17,21)(H3,16,18,19,20). The van der Waals surface area contributed by atoms with Crippen LogP contribution >= 0.6 is 0 Å².